The van der Waals surface area contributed by atoms with E-state index in [0.29, 0.717) is 12.2 Å². The van der Waals surface area contributed by atoms with Crippen LogP contribution in [0, 0.1) is 0 Å². The summed E-state index contributed by atoms with van der Waals surface area (Å²) in [5.41, 5.74) is 2.54. The molecule has 0 aromatic heterocycles. The predicted octanol–water partition coefficient (Wildman–Crippen LogP) is 4.56. The van der Waals surface area contributed by atoms with Crippen LogP contribution >= 0.6 is 0 Å². The van der Waals surface area contributed by atoms with Crippen molar-refractivity contribution in [2.45, 2.75) is 26.0 Å². The number of para-hydroxylation sites is 1. The highest BCUT2D eigenvalue weighted by atomic mass is 19.3. The zero-order valence-electron chi connectivity index (χ0n) is 16.5. The number of benzene rings is 2. The van der Waals surface area contributed by atoms with Gasteiger partial charge in [0.25, 0.3) is 0 Å². The molecule has 2 aromatic carbocycles. The van der Waals surface area contributed by atoms with Gasteiger partial charge in [0.15, 0.2) is 11.5 Å². The number of alkyl halides is 2. The van der Waals surface area contributed by atoms with Gasteiger partial charge in [-0.3, -0.25) is 0 Å². The first-order valence-electron chi connectivity index (χ1n) is 9.45. The molecule has 1 aliphatic rings. The van der Waals surface area contributed by atoms with Crippen molar-refractivity contribution in [3.8, 4) is 11.5 Å². The summed E-state index contributed by atoms with van der Waals surface area (Å²) in [6.45, 7) is -0.522. The second-order valence-corrected chi connectivity index (χ2v) is 6.85. The maximum atomic E-state index is 12.6. The van der Waals surface area contributed by atoms with Crippen LogP contribution in [0.15, 0.2) is 42.5 Å². The molecule has 1 N–H and O–H groups in total. The van der Waals surface area contributed by atoms with Crippen molar-refractivity contribution < 1.29 is 23.0 Å². The Morgan fingerprint density at radius 1 is 1.17 bits per heavy atom. The van der Waals surface area contributed by atoms with E-state index in [1.807, 2.05) is 18.2 Å². The summed E-state index contributed by atoms with van der Waals surface area (Å²) in [5, 5.41) is 2.71. The van der Waals surface area contributed by atoms with Crippen molar-refractivity contribution >= 4 is 17.4 Å². The highest BCUT2D eigenvalue weighted by Crippen LogP contribution is 2.32. The SMILES string of the molecule is COc1ccc(NC(=O)N(C)Cc2ccccc2N2CCCC2)cc1OC(F)F. The molecule has 6 nitrogen and oxygen atoms in total. The summed E-state index contributed by atoms with van der Waals surface area (Å²) in [5.74, 6) is 0.0264. The largest absolute Gasteiger partial charge is 0.493 e. The Labute approximate surface area is 169 Å². The van der Waals surface area contributed by atoms with Gasteiger partial charge in [-0.25, -0.2) is 4.79 Å². The normalized spacial score (nSPS) is 13.5. The highest BCUT2D eigenvalue weighted by Gasteiger charge is 2.18. The van der Waals surface area contributed by atoms with E-state index in [1.54, 1.807) is 18.0 Å². The van der Waals surface area contributed by atoms with Gasteiger partial charge in [0.2, 0.25) is 0 Å². The summed E-state index contributed by atoms with van der Waals surface area (Å²) in [6, 6.07) is 12.0. The standard InChI is InChI=1S/C21H25F2N3O3/c1-25(14-15-7-3-4-8-17(15)26-11-5-6-12-26)21(27)24-16-9-10-18(28-2)19(13-16)29-20(22)23/h3-4,7-10,13,20H,5-6,11-12,14H2,1-2H3,(H,24,27). The van der Waals surface area contributed by atoms with E-state index in [4.69, 9.17) is 4.74 Å². The van der Waals surface area contributed by atoms with Gasteiger partial charge in [0.05, 0.1) is 7.11 Å². The van der Waals surface area contributed by atoms with Crippen LogP contribution in [-0.4, -0.2) is 44.8 Å². The van der Waals surface area contributed by atoms with Gasteiger partial charge in [0.1, 0.15) is 0 Å². The average molecular weight is 405 g/mol. The van der Waals surface area contributed by atoms with Gasteiger partial charge in [-0.1, -0.05) is 18.2 Å². The van der Waals surface area contributed by atoms with Gasteiger partial charge < -0.3 is 24.6 Å². The van der Waals surface area contributed by atoms with Crippen LogP contribution in [0.4, 0.5) is 25.0 Å². The Balaban J connectivity index is 1.68. The smallest absolute Gasteiger partial charge is 0.387 e. The second kappa shape index (κ2) is 9.45. The minimum atomic E-state index is -2.99. The molecule has 156 valence electrons. The number of hydrogen-bond acceptors (Lipinski definition) is 4. The Morgan fingerprint density at radius 3 is 2.59 bits per heavy atom. The number of hydrogen-bond donors (Lipinski definition) is 1. The molecule has 3 rings (SSSR count). The van der Waals surface area contributed by atoms with Gasteiger partial charge in [-0.05, 0) is 36.6 Å². The van der Waals surface area contributed by atoms with Crippen LogP contribution in [0.1, 0.15) is 18.4 Å². The third-order valence-corrected chi connectivity index (χ3v) is 4.82. The van der Waals surface area contributed by atoms with Gasteiger partial charge in [-0.15, -0.1) is 0 Å². The quantitative estimate of drug-likeness (QED) is 0.734. The lowest BCUT2D eigenvalue weighted by Gasteiger charge is -2.24. The number of amides is 2. The third kappa shape index (κ3) is 5.28. The maximum Gasteiger partial charge on any atom is 0.387 e. The molecule has 0 aliphatic carbocycles. The fourth-order valence-corrected chi connectivity index (χ4v) is 3.40. The molecule has 0 unspecified atom stereocenters. The van der Waals surface area contributed by atoms with Crippen molar-refractivity contribution in [2.24, 2.45) is 0 Å². The minimum Gasteiger partial charge on any atom is -0.493 e. The number of ether oxygens (including phenoxy) is 2. The zero-order chi connectivity index (χ0) is 20.8. The molecule has 2 amide bonds. The molecule has 8 heteroatoms. The fraction of sp³-hybridized carbons (Fsp3) is 0.381. The Hall–Kier alpha value is -3.03. The monoisotopic (exact) mass is 405 g/mol. The molecule has 0 saturated carbocycles. The van der Waals surface area contributed by atoms with Crippen molar-refractivity contribution in [1.29, 1.82) is 0 Å². The van der Waals surface area contributed by atoms with Crippen molar-refractivity contribution in [2.75, 3.05) is 37.5 Å². The van der Waals surface area contributed by atoms with Crippen LogP contribution < -0.4 is 19.7 Å². The van der Waals surface area contributed by atoms with Crippen LogP contribution in [0.3, 0.4) is 0 Å². The van der Waals surface area contributed by atoms with Crippen molar-refractivity contribution in [1.82, 2.24) is 4.90 Å². The number of carbonyl (C=O) groups excluding carboxylic acids is 1. The highest BCUT2D eigenvalue weighted by molar-refractivity contribution is 5.89. The summed E-state index contributed by atoms with van der Waals surface area (Å²) in [4.78, 5) is 16.5. The first-order chi connectivity index (χ1) is 14.0. The van der Waals surface area contributed by atoms with E-state index >= 15 is 0 Å². The van der Waals surface area contributed by atoms with Crippen LogP contribution in [0.5, 0.6) is 11.5 Å². The van der Waals surface area contributed by atoms with Gasteiger partial charge in [-0.2, -0.15) is 8.78 Å². The maximum absolute atomic E-state index is 12.6. The lowest BCUT2D eigenvalue weighted by atomic mass is 10.1. The van der Waals surface area contributed by atoms with Gasteiger partial charge >= 0.3 is 12.6 Å². The molecule has 1 fully saturated rings. The van der Waals surface area contributed by atoms with Crippen LogP contribution in [-0.2, 0) is 6.54 Å². The molecule has 0 atom stereocenters. The number of nitrogens with one attached hydrogen (secondary N) is 1. The lowest BCUT2D eigenvalue weighted by Crippen LogP contribution is -2.31. The number of nitrogens with zero attached hydrogens (tertiary/aromatic N) is 2. The molecular weight excluding hydrogens is 380 g/mol. The number of methoxy groups -OCH3 is 1. The van der Waals surface area contributed by atoms with E-state index in [9.17, 15) is 13.6 Å². The van der Waals surface area contributed by atoms with E-state index in [-0.39, 0.29) is 17.5 Å². The van der Waals surface area contributed by atoms with E-state index in [0.717, 1.165) is 24.3 Å². The second-order valence-electron chi connectivity index (χ2n) is 6.85. The molecule has 1 saturated heterocycles. The first kappa shape index (κ1) is 20.7. The minimum absolute atomic E-state index is 0.137. The number of urea groups is 1. The summed E-state index contributed by atoms with van der Waals surface area (Å²) >= 11 is 0. The number of halogens is 2. The van der Waals surface area contributed by atoms with Crippen molar-refractivity contribution in [3.63, 3.8) is 0 Å². The number of carbonyl (C=O) groups is 1. The number of rotatable bonds is 7. The predicted molar refractivity (Wildman–Crippen MR) is 108 cm³/mol. The molecule has 1 aliphatic heterocycles. The average Bonchev–Trinajstić information content (AvgIpc) is 3.23. The van der Waals surface area contributed by atoms with E-state index in [1.165, 1.54) is 32.1 Å². The molecular formula is C21H25F2N3O3. The zero-order valence-corrected chi connectivity index (χ0v) is 16.5. The van der Waals surface area contributed by atoms with Crippen LogP contribution in [0.25, 0.3) is 0 Å². The number of anilines is 2. The summed E-state index contributed by atoms with van der Waals surface area (Å²) in [6.07, 6.45) is 2.34. The molecule has 0 bridgehead atoms. The first-order valence-corrected chi connectivity index (χ1v) is 9.45. The molecule has 0 radical (unpaired) electrons. The molecule has 2 aromatic rings. The summed E-state index contributed by atoms with van der Waals surface area (Å²) in [7, 11) is 3.05. The Bertz CT molecular complexity index is 842. The van der Waals surface area contributed by atoms with Crippen molar-refractivity contribution in [3.05, 3.63) is 48.0 Å². The van der Waals surface area contributed by atoms with Crippen LogP contribution in [0.2, 0.25) is 0 Å². The topological polar surface area (TPSA) is 54.0 Å². The van der Waals surface area contributed by atoms with E-state index < -0.39 is 6.61 Å². The lowest BCUT2D eigenvalue weighted by molar-refractivity contribution is -0.0511. The fourth-order valence-electron chi connectivity index (χ4n) is 3.40. The molecule has 29 heavy (non-hydrogen) atoms. The third-order valence-electron chi connectivity index (χ3n) is 4.82. The molecule has 0 spiro atoms. The summed E-state index contributed by atoms with van der Waals surface area (Å²) < 4.78 is 34.6. The Morgan fingerprint density at radius 2 is 1.90 bits per heavy atom. The van der Waals surface area contributed by atoms with E-state index in [2.05, 4.69) is 21.0 Å². The molecule has 1 heterocycles. The Kier molecular flexibility index (Phi) is 6.74. The van der Waals surface area contributed by atoms with Gasteiger partial charge in [0, 0.05) is 44.1 Å².